The lowest BCUT2D eigenvalue weighted by Crippen LogP contribution is -2.53. The van der Waals surface area contributed by atoms with E-state index in [0.29, 0.717) is 0 Å². The number of hydrogen-bond donors (Lipinski definition) is 3. The number of ether oxygens (including phenoxy) is 2. The van der Waals surface area contributed by atoms with E-state index < -0.39 is 42.4 Å². The van der Waals surface area contributed by atoms with Gasteiger partial charge in [0, 0.05) is 5.92 Å². The van der Waals surface area contributed by atoms with Gasteiger partial charge in [0.15, 0.2) is 0 Å². The Morgan fingerprint density at radius 2 is 1.56 bits per heavy atom. The van der Waals surface area contributed by atoms with Gasteiger partial charge < -0.3 is 25.2 Å². The smallest absolute Gasteiger partial charge is 0.407 e. The van der Waals surface area contributed by atoms with Gasteiger partial charge in [-0.1, -0.05) is 48.5 Å². The van der Waals surface area contributed by atoms with E-state index in [-0.39, 0.29) is 18.4 Å². The molecule has 4 rings (SSSR count). The Morgan fingerprint density at radius 3 is 2.09 bits per heavy atom. The average molecular weight is 466 g/mol. The van der Waals surface area contributed by atoms with Crippen LogP contribution in [-0.2, 0) is 23.9 Å². The highest BCUT2D eigenvalue weighted by Crippen LogP contribution is 2.44. The minimum atomic E-state index is -1.45. The first-order chi connectivity index (χ1) is 16.4. The Morgan fingerprint density at radius 1 is 0.971 bits per heavy atom. The average Bonchev–Trinajstić information content (AvgIpc) is 3.63. The van der Waals surface area contributed by atoms with Gasteiger partial charge in [-0.2, -0.15) is 0 Å². The van der Waals surface area contributed by atoms with Crippen molar-refractivity contribution in [2.45, 2.75) is 37.3 Å². The summed E-state index contributed by atoms with van der Waals surface area (Å²) in [6.07, 6.45) is 0.168. The second-order valence-electron chi connectivity index (χ2n) is 8.46. The molecule has 2 aliphatic rings. The fourth-order valence-electron chi connectivity index (χ4n) is 4.31. The van der Waals surface area contributed by atoms with Crippen LogP contribution in [0.15, 0.2) is 48.5 Å². The van der Waals surface area contributed by atoms with Crippen LogP contribution in [0.2, 0.25) is 0 Å². The molecule has 9 nitrogen and oxygen atoms in total. The van der Waals surface area contributed by atoms with E-state index in [1.54, 1.807) is 0 Å². The molecule has 0 aliphatic heterocycles. The van der Waals surface area contributed by atoms with Crippen molar-refractivity contribution in [2.75, 3.05) is 13.7 Å². The van der Waals surface area contributed by atoms with Crippen LogP contribution in [-0.4, -0.2) is 54.8 Å². The third-order valence-electron chi connectivity index (χ3n) is 6.21. The van der Waals surface area contributed by atoms with Crippen LogP contribution in [0.3, 0.4) is 0 Å². The molecule has 0 saturated heterocycles. The molecule has 2 aromatic rings. The van der Waals surface area contributed by atoms with Crippen LogP contribution in [0.25, 0.3) is 11.1 Å². The summed E-state index contributed by atoms with van der Waals surface area (Å²) < 4.78 is 10.00. The fourth-order valence-corrected chi connectivity index (χ4v) is 4.31. The zero-order valence-corrected chi connectivity index (χ0v) is 18.7. The van der Waals surface area contributed by atoms with E-state index in [9.17, 15) is 24.3 Å². The van der Waals surface area contributed by atoms with Crippen molar-refractivity contribution in [1.29, 1.82) is 0 Å². The monoisotopic (exact) mass is 466 g/mol. The number of amides is 2. The summed E-state index contributed by atoms with van der Waals surface area (Å²) in [4.78, 5) is 48.2. The highest BCUT2D eigenvalue weighted by molar-refractivity contribution is 5.91. The van der Waals surface area contributed by atoms with E-state index in [4.69, 9.17) is 4.74 Å². The van der Waals surface area contributed by atoms with Crippen molar-refractivity contribution in [2.24, 2.45) is 5.92 Å². The number of methoxy groups -OCH3 is 1. The molecule has 0 heterocycles. The summed E-state index contributed by atoms with van der Waals surface area (Å²) >= 11 is 0. The van der Waals surface area contributed by atoms with Crippen molar-refractivity contribution in [3.05, 3.63) is 59.7 Å². The molecule has 0 bridgehead atoms. The third kappa shape index (κ3) is 5.03. The van der Waals surface area contributed by atoms with E-state index in [1.807, 2.05) is 48.5 Å². The first kappa shape index (κ1) is 23.3. The number of fused-ring (bicyclic) bond motifs is 3. The largest absolute Gasteiger partial charge is 0.480 e. The highest BCUT2D eigenvalue weighted by atomic mass is 16.5. The molecule has 1 unspecified atom stereocenters. The van der Waals surface area contributed by atoms with E-state index >= 15 is 0 Å². The van der Waals surface area contributed by atoms with Gasteiger partial charge in [0.1, 0.15) is 18.7 Å². The van der Waals surface area contributed by atoms with Gasteiger partial charge in [0.2, 0.25) is 5.91 Å². The topological polar surface area (TPSA) is 131 Å². The van der Waals surface area contributed by atoms with E-state index in [1.165, 1.54) is 0 Å². The van der Waals surface area contributed by atoms with E-state index in [2.05, 4.69) is 15.4 Å². The Hall–Kier alpha value is -3.88. The molecule has 0 spiro atoms. The zero-order valence-electron chi connectivity index (χ0n) is 18.7. The number of rotatable bonds is 9. The highest BCUT2D eigenvalue weighted by Gasteiger charge is 2.39. The van der Waals surface area contributed by atoms with Crippen molar-refractivity contribution in [1.82, 2.24) is 10.6 Å². The molecule has 0 aromatic heterocycles. The molecule has 3 N–H and O–H groups in total. The predicted molar refractivity (Wildman–Crippen MR) is 121 cm³/mol. The summed E-state index contributed by atoms with van der Waals surface area (Å²) in [6, 6.07) is 13.5. The number of carbonyl (C=O) groups is 4. The number of carbonyl (C=O) groups excluding carboxylic acids is 3. The number of alkyl carbamates (subject to hydrolysis) is 1. The molecule has 1 saturated carbocycles. The molecule has 2 amide bonds. The molecule has 34 heavy (non-hydrogen) atoms. The number of hydrogen-bond acceptors (Lipinski definition) is 6. The number of esters is 1. The lowest BCUT2D eigenvalue weighted by atomic mass is 9.98. The second kappa shape index (κ2) is 9.94. The molecule has 1 fully saturated rings. The Balaban J connectivity index is 1.39. The van der Waals surface area contributed by atoms with Crippen molar-refractivity contribution in [3.8, 4) is 11.1 Å². The molecule has 0 radical (unpaired) electrons. The maximum Gasteiger partial charge on any atom is 0.407 e. The van der Waals surface area contributed by atoms with Crippen molar-refractivity contribution in [3.63, 3.8) is 0 Å². The predicted octanol–water partition coefficient (Wildman–Crippen LogP) is 2.44. The van der Waals surface area contributed by atoms with Crippen LogP contribution in [0.1, 0.15) is 36.3 Å². The molecular weight excluding hydrogens is 440 g/mol. The van der Waals surface area contributed by atoms with Gasteiger partial charge in [0.25, 0.3) is 0 Å². The van der Waals surface area contributed by atoms with Gasteiger partial charge >= 0.3 is 18.0 Å². The molecule has 2 aliphatic carbocycles. The Kier molecular flexibility index (Phi) is 6.81. The maximum atomic E-state index is 12.7. The number of carboxylic acids is 1. The first-order valence-corrected chi connectivity index (χ1v) is 11.1. The number of nitrogens with one attached hydrogen (secondary N) is 2. The fraction of sp³-hybridized carbons (Fsp3) is 0.360. The second-order valence-corrected chi connectivity index (χ2v) is 8.46. The van der Waals surface area contributed by atoms with E-state index in [0.717, 1.165) is 42.2 Å². The normalized spacial score (nSPS) is 15.9. The standard InChI is InChI=1S/C25H26N2O7/c1-33-21(28)12-20(24(30)31)26-23(29)22(14-10-11-14)27-25(32)34-13-19-17-8-4-2-6-15(17)16-7-3-5-9-18(16)19/h2-9,14,19-20,22H,10-13H2,1H3,(H,26,29)(H,27,32)(H,30,31)/t20-,22?/m1/s1. The summed E-state index contributed by atoms with van der Waals surface area (Å²) in [6.45, 7) is 0.0962. The van der Waals surface area contributed by atoms with Crippen LogP contribution in [0.5, 0.6) is 0 Å². The third-order valence-corrected chi connectivity index (χ3v) is 6.21. The summed E-state index contributed by atoms with van der Waals surface area (Å²) in [5.74, 6) is -3.04. The van der Waals surface area contributed by atoms with Crippen LogP contribution in [0.4, 0.5) is 4.79 Å². The van der Waals surface area contributed by atoms with Gasteiger partial charge in [0.05, 0.1) is 13.5 Å². The van der Waals surface area contributed by atoms with Crippen LogP contribution < -0.4 is 10.6 Å². The molecule has 178 valence electrons. The zero-order chi connectivity index (χ0) is 24.2. The minimum absolute atomic E-state index is 0.0962. The number of carboxylic acid groups (broad SMARTS) is 1. The molecule has 2 aromatic carbocycles. The van der Waals surface area contributed by atoms with Gasteiger partial charge in [-0.3, -0.25) is 9.59 Å². The number of benzene rings is 2. The van der Waals surface area contributed by atoms with Crippen LogP contribution >= 0.6 is 0 Å². The summed E-state index contributed by atoms with van der Waals surface area (Å²) in [5.41, 5.74) is 4.35. The Bertz CT molecular complexity index is 1070. The summed E-state index contributed by atoms with van der Waals surface area (Å²) in [7, 11) is 1.13. The van der Waals surface area contributed by atoms with Crippen molar-refractivity contribution < 1.29 is 33.8 Å². The van der Waals surface area contributed by atoms with Crippen molar-refractivity contribution >= 4 is 23.9 Å². The number of aliphatic carboxylic acids is 1. The molecule has 2 atom stereocenters. The SMILES string of the molecule is COC(=O)C[C@@H](NC(=O)C(NC(=O)OCC1c2ccccc2-c2ccccc21)C1CC1)C(=O)O. The molecular formula is C25H26N2O7. The first-order valence-electron chi connectivity index (χ1n) is 11.1. The lowest BCUT2D eigenvalue weighted by Gasteiger charge is -2.21. The maximum absolute atomic E-state index is 12.7. The Labute approximate surface area is 196 Å². The van der Waals surface area contributed by atoms with Gasteiger partial charge in [-0.05, 0) is 41.0 Å². The van der Waals surface area contributed by atoms with Gasteiger partial charge in [-0.25, -0.2) is 9.59 Å². The minimum Gasteiger partial charge on any atom is -0.480 e. The van der Waals surface area contributed by atoms with Gasteiger partial charge in [-0.15, -0.1) is 0 Å². The van der Waals surface area contributed by atoms with Crippen LogP contribution in [0, 0.1) is 5.92 Å². The quantitative estimate of drug-likeness (QED) is 0.484. The summed E-state index contributed by atoms with van der Waals surface area (Å²) in [5, 5.41) is 14.2. The molecule has 9 heteroatoms. The lowest BCUT2D eigenvalue weighted by molar-refractivity contribution is -0.149.